The van der Waals surface area contributed by atoms with Gasteiger partial charge in [-0.3, -0.25) is 4.79 Å². The average molecular weight is 307 g/mol. The Morgan fingerprint density at radius 2 is 1.45 bits per heavy atom. The van der Waals surface area contributed by atoms with Gasteiger partial charge in [0.1, 0.15) is 0 Å². The lowest BCUT2D eigenvalue weighted by Gasteiger charge is -2.36. The quantitative estimate of drug-likeness (QED) is 0.375. The fourth-order valence-corrected chi connectivity index (χ4v) is 3.85. The molecular weight excluding hydrogens is 268 g/mol. The van der Waals surface area contributed by atoms with Gasteiger partial charge in [0.05, 0.1) is 0 Å². The summed E-state index contributed by atoms with van der Waals surface area (Å²) in [4.78, 5) is 12.7. The summed E-state index contributed by atoms with van der Waals surface area (Å²) in [6.07, 6.45) is 15.5. The largest absolute Gasteiger partial charge is 0.295 e. The summed E-state index contributed by atoms with van der Waals surface area (Å²) in [6, 6.07) is 0. The highest BCUT2D eigenvalue weighted by Gasteiger charge is 2.34. The molecule has 0 spiro atoms. The summed E-state index contributed by atoms with van der Waals surface area (Å²) in [5.74, 6) is 0.477. The number of carbonyl (C=O) groups is 1. The smallest absolute Gasteiger partial charge is 0.159 e. The topological polar surface area (TPSA) is 17.1 Å². The van der Waals surface area contributed by atoms with E-state index in [1.165, 1.54) is 81.8 Å². The van der Waals surface area contributed by atoms with Crippen molar-refractivity contribution in [3.63, 3.8) is 0 Å². The minimum atomic E-state index is 0.240. The first-order valence-corrected chi connectivity index (χ1v) is 9.80. The third-order valence-electron chi connectivity index (χ3n) is 5.24. The van der Waals surface area contributed by atoms with E-state index in [-0.39, 0.29) is 5.41 Å². The second-order valence-electron chi connectivity index (χ2n) is 7.69. The number of hydrogen-bond acceptors (Lipinski definition) is 1. The fourth-order valence-electron chi connectivity index (χ4n) is 3.85. The fraction of sp³-hybridized carbons (Fsp3) is 0.857. The first-order chi connectivity index (χ1) is 10.6. The summed E-state index contributed by atoms with van der Waals surface area (Å²) >= 11 is 0. The summed E-state index contributed by atoms with van der Waals surface area (Å²) < 4.78 is 0. The van der Waals surface area contributed by atoms with Crippen molar-refractivity contribution in [3.05, 3.63) is 11.1 Å². The van der Waals surface area contributed by atoms with Crippen molar-refractivity contribution >= 4 is 5.78 Å². The molecule has 1 aliphatic carbocycles. The van der Waals surface area contributed by atoms with Crippen LogP contribution in [0.2, 0.25) is 0 Å². The number of carbonyl (C=O) groups excluding carboxylic acids is 1. The first-order valence-electron chi connectivity index (χ1n) is 9.80. The maximum Gasteiger partial charge on any atom is 0.159 e. The molecule has 1 atom stereocenters. The summed E-state index contributed by atoms with van der Waals surface area (Å²) in [5, 5.41) is 0. The second kappa shape index (κ2) is 10.2. The van der Waals surface area contributed by atoms with Gasteiger partial charge in [0.25, 0.3) is 0 Å². The van der Waals surface area contributed by atoms with Gasteiger partial charge in [-0.2, -0.15) is 0 Å². The lowest BCUT2D eigenvalue weighted by Crippen LogP contribution is -2.28. The van der Waals surface area contributed by atoms with E-state index in [2.05, 4.69) is 27.7 Å². The van der Waals surface area contributed by atoms with Crippen molar-refractivity contribution in [2.45, 2.75) is 111 Å². The van der Waals surface area contributed by atoms with Crippen LogP contribution < -0.4 is 0 Å². The molecule has 0 aliphatic heterocycles. The van der Waals surface area contributed by atoms with E-state index >= 15 is 0 Å². The van der Waals surface area contributed by atoms with Crippen LogP contribution in [0.25, 0.3) is 0 Å². The number of rotatable bonds is 11. The molecule has 1 unspecified atom stereocenters. The maximum absolute atomic E-state index is 12.7. The number of unbranched alkanes of at least 4 members (excludes halogenated alkanes) is 5. The average Bonchev–Trinajstić information content (AvgIpc) is 2.47. The van der Waals surface area contributed by atoms with Gasteiger partial charge in [-0.15, -0.1) is 0 Å². The van der Waals surface area contributed by atoms with Crippen molar-refractivity contribution in [1.29, 1.82) is 0 Å². The Balaban J connectivity index is 2.79. The van der Waals surface area contributed by atoms with E-state index < -0.39 is 0 Å². The van der Waals surface area contributed by atoms with Crippen LogP contribution in [0.3, 0.4) is 0 Å². The van der Waals surface area contributed by atoms with Crippen LogP contribution in [0.15, 0.2) is 11.1 Å². The molecule has 0 bridgehead atoms. The molecule has 0 fully saturated rings. The predicted molar refractivity (Wildman–Crippen MR) is 97.2 cm³/mol. The molecule has 0 saturated carbocycles. The van der Waals surface area contributed by atoms with Crippen LogP contribution in [-0.2, 0) is 4.79 Å². The van der Waals surface area contributed by atoms with Crippen LogP contribution >= 0.6 is 0 Å². The molecule has 0 aromatic rings. The van der Waals surface area contributed by atoms with Crippen LogP contribution in [0.4, 0.5) is 0 Å². The Morgan fingerprint density at radius 3 is 2.09 bits per heavy atom. The number of Topliss-reactive ketones (excluding diaryl/α,β-unsaturated/α-hetero) is 1. The van der Waals surface area contributed by atoms with Crippen molar-refractivity contribution in [2.24, 2.45) is 5.41 Å². The molecule has 0 amide bonds. The zero-order valence-corrected chi connectivity index (χ0v) is 15.6. The Hall–Kier alpha value is -0.590. The van der Waals surface area contributed by atoms with E-state index in [9.17, 15) is 4.79 Å². The molecule has 0 radical (unpaired) electrons. The number of allylic oxidation sites excluding steroid dienone is 2. The van der Waals surface area contributed by atoms with Crippen molar-refractivity contribution in [1.82, 2.24) is 0 Å². The van der Waals surface area contributed by atoms with Crippen molar-refractivity contribution < 1.29 is 4.79 Å². The minimum Gasteiger partial charge on any atom is -0.295 e. The third kappa shape index (κ3) is 6.26. The Labute approximate surface area is 139 Å². The van der Waals surface area contributed by atoms with Gasteiger partial charge in [0, 0.05) is 6.42 Å². The normalized spacial score (nSPS) is 22.5. The van der Waals surface area contributed by atoms with E-state index in [1.807, 2.05) is 0 Å². The Morgan fingerprint density at radius 1 is 0.818 bits per heavy atom. The van der Waals surface area contributed by atoms with Crippen LogP contribution in [-0.4, -0.2) is 5.78 Å². The molecule has 22 heavy (non-hydrogen) atoms. The zero-order valence-electron chi connectivity index (χ0n) is 15.6. The summed E-state index contributed by atoms with van der Waals surface area (Å²) in [6.45, 7) is 9.09. The lowest BCUT2D eigenvalue weighted by molar-refractivity contribution is -0.118. The number of hydrogen-bond donors (Lipinski definition) is 0. The molecule has 1 heteroatoms. The molecule has 0 aromatic carbocycles. The molecular formula is C21H38O. The van der Waals surface area contributed by atoms with E-state index in [1.54, 1.807) is 0 Å². The minimum absolute atomic E-state index is 0.240. The highest BCUT2D eigenvalue weighted by atomic mass is 16.1. The van der Waals surface area contributed by atoms with Gasteiger partial charge in [0.2, 0.25) is 0 Å². The third-order valence-corrected chi connectivity index (χ3v) is 5.24. The molecule has 1 nitrogen and oxygen atoms in total. The van der Waals surface area contributed by atoms with Gasteiger partial charge < -0.3 is 0 Å². The van der Waals surface area contributed by atoms with Crippen LogP contribution in [0.5, 0.6) is 0 Å². The Bertz CT molecular complexity index is 366. The molecule has 0 heterocycles. The maximum atomic E-state index is 12.7. The SMILES string of the molecule is CCCCCC1=C(CCCC)C(=O)CC(C)(CCCCC)C1. The van der Waals surface area contributed by atoms with Gasteiger partial charge in [0.15, 0.2) is 5.78 Å². The van der Waals surface area contributed by atoms with E-state index in [4.69, 9.17) is 0 Å². The first kappa shape index (κ1) is 19.5. The highest BCUT2D eigenvalue weighted by Crippen LogP contribution is 2.43. The molecule has 0 N–H and O–H groups in total. The van der Waals surface area contributed by atoms with Crippen LogP contribution in [0, 0.1) is 5.41 Å². The van der Waals surface area contributed by atoms with Gasteiger partial charge in [-0.05, 0) is 49.5 Å². The molecule has 128 valence electrons. The molecule has 0 saturated heterocycles. The molecule has 1 aliphatic rings. The molecule has 1 rings (SSSR count). The van der Waals surface area contributed by atoms with E-state index in [0.717, 1.165) is 12.8 Å². The zero-order chi connectivity index (χ0) is 16.4. The summed E-state index contributed by atoms with van der Waals surface area (Å²) in [7, 11) is 0. The monoisotopic (exact) mass is 306 g/mol. The molecule has 0 aromatic heterocycles. The second-order valence-corrected chi connectivity index (χ2v) is 7.69. The van der Waals surface area contributed by atoms with Crippen molar-refractivity contribution in [2.75, 3.05) is 0 Å². The predicted octanol–water partition coefficient (Wildman–Crippen LogP) is 7.00. The summed E-state index contributed by atoms with van der Waals surface area (Å²) in [5.41, 5.74) is 2.99. The lowest BCUT2D eigenvalue weighted by atomic mass is 9.68. The standard InChI is InChI=1S/C21H38O/c1-5-8-11-13-18-16-21(4,15-12-9-6-2)17-20(22)19(18)14-10-7-3/h5-17H2,1-4H3. The highest BCUT2D eigenvalue weighted by molar-refractivity contribution is 5.97. The van der Waals surface area contributed by atoms with Crippen LogP contribution in [0.1, 0.15) is 111 Å². The van der Waals surface area contributed by atoms with Gasteiger partial charge in [-0.1, -0.05) is 71.8 Å². The van der Waals surface area contributed by atoms with E-state index in [0.29, 0.717) is 5.78 Å². The van der Waals surface area contributed by atoms with Gasteiger partial charge in [-0.25, -0.2) is 0 Å². The Kier molecular flexibility index (Phi) is 9.05. The van der Waals surface area contributed by atoms with Crippen molar-refractivity contribution in [3.8, 4) is 0 Å². The van der Waals surface area contributed by atoms with Gasteiger partial charge >= 0.3 is 0 Å². The number of ketones is 1.